The Morgan fingerprint density at radius 1 is 1.23 bits per heavy atom. The van der Waals surface area contributed by atoms with Crippen LogP contribution in [0.2, 0.25) is 5.02 Å². The number of sulfonamides is 1. The summed E-state index contributed by atoms with van der Waals surface area (Å²) in [6, 6.07) is 5.26. The van der Waals surface area contributed by atoms with Crippen LogP contribution in [0.5, 0.6) is 17.4 Å². The predicted molar refractivity (Wildman–Crippen MR) is 127 cm³/mol. The molecule has 7 nitrogen and oxygen atoms in total. The van der Waals surface area contributed by atoms with E-state index in [4.69, 9.17) is 21.1 Å². The van der Waals surface area contributed by atoms with Gasteiger partial charge in [-0.05, 0) is 44.5 Å². The third-order valence-electron chi connectivity index (χ3n) is 4.39. The Bertz CT molecular complexity index is 1170. The van der Waals surface area contributed by atoms with Crippen LogP contribution in [-0.4, -0.2) is 31.2 Å². The molecule has 35 heavy (non-hydrogen) atoms. The second kappa shape index (κ2) is 12.3. The van der Waals surface area contributed by atoms with E-state index in [-0.39, 0.29) is 28.5 Å². The first-order chi connectivity index (χ1) is 16.3. The number of rotatable bonds is 11. The fourth-order valence-electron chi connectivity index (χ4n) is 2.79. The van der Waals surface area contributed by atoms with Crippen molar-refractivity contribution in [3.05, 3.63) is 52.7 Å². The highest BCUT2D eigenvalue weighted by Crippen LogP contribution is 2.36. The van der Waals surface area contributed by atoms with Crippen molar-refractivity contribution in [1.82, 2.24) is 9.71 Å². The predicted octanol–water partition coefficient (Wildman–Crippen LogP) is 5.98. The minimum absolute atomic E-state index is 0.0761. The highest BCUT2D eigenvalue weighted by atomic mass is 35.5. The summed E-state index contributed by atoms with van der Waals surface area (Å²) >= 11 is 5.95. The van der Waals surface area contributed by atoms with E-state index in [0.29, 0.717) is 30.0 Å². The Kier molecular flexibility index (Phi) is 9.96. The molecule has 0 aliphatic heterocycles. The quantitative estimate of drug-likeness (QED) is 0.281. The van der Waals surface area contributed by atoms with Gasteiger partial charge in [-0.1, -0.05) is 31.4 Å². The molecule has 0 fully saturated rings. The number of halogens is 4. The van der Waals surface area contributed by atoms with E-state index in [1.165, 1.54) is 18.2 Å². The fraction of sp³-hybridized carbons (Fsp3) is 0.391. The lowest BCUT2D eigenvalue weighted by Gasteiger charge is -2.14. The number of pyridine rings is 1. The lowest BCUT2D eigenvalue weighted by atomic mass is 10.1. The number of aromatic nitrogens is 1. The molecule has 0 saturated carbocycles. The minimum Gasteiger partial charge on any atom is -0.491 e. The monoisotopic (exact) mass is 534 g/mol. The van der Waals surface area contributed by atoms with Crippen LogP contribution in [0.15, 0.2) is 36.5 Å². The summed E-state index contributed by atoms with van der Waals surface area (Å²) in [7, 11) is -3.78. The number of carbonyl (C=O) groups excluding carboxylic acids is 1. The SMILES string of the molecule is CCCCCS(=O)(=O)NC(=O)/C=C/c1ccc(OC(C)C)cc1Oc1ncc(C(F)(F)F)cc1Cl. The Balaban J connectivity index is 2.29. The Morgan fingerprint density at radius 2 is 1.94 bits per heavy atom. The standard InChI is InChI=1S/C23H26ClF3N2O5S/c1-4-5-6-11-35(31,32)29-21(30)10-8-16-7-9-18(33-15(2)3)13-20(16)34-22-19(24)12-17(14-28-22)23(25,26)27/h7-10,12-15H,4-6,11H2,1-3H3,(H,29,30)/b10-8+. The van der Waals surface area contributed by atoms with Crippen LogP contribution >= 0.6 is 11.6 Å². The molecule has 0 aliphatic carbocycles. The van der Waals surface area contributed by atoms with Crippen molar-refractivity contribution in [3.8, 4) is 17.4 Å². The van der Waals surface area contributed by atoms with E-state index in [0.717, 1.165) is 18.9 Å². The molecule has 0 radical (unpaired) electrons. The van der Waals surface area contributed by atoms with Crippen LogP contribution < -0.4 is 14.2 Å². The van der Waals surface area contributed by atoms with Gasteiger partial charge in [-0.15, -0.1) is 0 Å². The summed E-state index contributed by atoms with van der Waals surface area (Å²) < 4.78 is 75.9. The van der Waals surface area contributed by atoms with E-state index >= 15 is 0 Å². The van der Waals surface area contributed by atoms with Gasteiger partial charge in [0.1, 0.15) is 16.5 Å². The van der Waals surface area contributed by atoms with E-state index in [1.807, 2.05) is 11.6 Å². The number of carbonyl (C=O) groups is 1. The summed E-state index contributed by atoms with van der Waals surface area (Å²) in [4.78, 5) is 15.8. The van der Waals surface area contributed by atoms with E-state index in [9.17, 15) is 26.4 Å². The van der Waals surface area contributed by atoms with Gasteiger partial charge in [0.2, 0.25) is 15.9 Å². The number of amides is 1. The van der Waals surface area contributed by atoms with Crippen LogP contribution in [0.4, 0.5) is 13.2 Å². The second-order valence-corrected chi connectivity index (χ2v) is 10.1. The molecule has 0 aliphatic rings. The molecule has 0 bridgehead atoms. The smallest absolute Gasteiger partial charge is 0.417 e. The Morgan fingerprint density at radius 3 is 2.54 bits per heavy atom. The fourth-order valence-corrected chi connectivity index (χ4v) is 4.06. The van der Waals surface area contributed by atoms with Crippen LogP contribution in [0.25, 0.3) is 6.08 Å². The second-order valence-electron chi connectivity index (χ2n) is 7.80. The van der Waals surface area contributed by atoms with Gasteiger partial charge in [-0.3, -0.25) is 4.79 Å². The van der Waals surface area contributed by atoms with Gasteiger partial charge in [-0.25, -0.2) is 18.1 Å². The van der Waals surface area contributed by atoms with E-state index < -0.39 is 27.7 Å². The van der Waals surface area contributed by atoms with Gasteiger partial charge < -0.3 is 9.47 Å². The van der Waals surface area contributed by atoms with Crippen molar-refractivity contribution in [2.45, 2.75) is 52.3 Å². The highest BCUT2D eigenvalue weighted by Gasteiger charge is 2.32. The molecule has 0 saturated heterocycles. The number of nitrogens with one attached hydrogen (secondary N) is 1. The maximum absolute atomic E-state index is 12.9. The third kappa shape index (κ3) is 9.41. The zero-order valence-electron chi connectivity index (χ0n) is 19.4. The van der Waals surface area contributed by atoms with Gasteiger partial charge in [0.15, 0.2) is 0 Å². The number of benzene rings is 1. The van der Waals surface area contributed by atoms with Crippen LogP contribution in [-0.2, 0) is 21.0 Å². The Hall–Kier alpha value is -2.79. The lowest BCUT2D eigenvalue weighted by molar-refractivity contribution is -0.137. The van der Waals surface area contributed by atoms with E-state index in [1.54, 1.807) is 19.9 Å². The van der Waals surface area contributed by atoms with Crippen molar-refractivity contribution < 1.29 is 35.9 Å². The number of ether oxygens (including phenoxy) is 2. The molecular formula is C23H26ClF3N2O5S. The lowest BCUT2D eigenvalue weighted by Crippen LogP contribution is -2.31. The van der Waals surface area contributed by atoms with Gasteiger partial charge in [-0.2, -0.15) is 13.2 Å². The summed E-state index contributed by atoms with van der Waals surface area (Å²) in [5, 5.41) is -0.374. The van der Waals surface area contributed by atoms with Crippen LogP contribution in [0.3, 0.4) is 0 Å². The first kappa shape index (κ1) is 28.4. The molecule has 1 aromatic heterocycles. The van der Waals surface area contributed by atoms with Crippen molar-refractivity contribution in [2.75, 3.05) is 5.75 Å². The molecule has 0 atom stereocenters. The highest BCUT2D eigenvalue weighted by molar-refractivity contribution is 7.90. The third-order valence-corrected chi connectivity index (χ3v) is 5.99. The topological polar surface area (TPSA) is 94.6 Å². The minimum atomic E-state index is -4.63. The first-order valence-electron chi connectivity index (χ1n) is 10.7. The number of hydrogen-bond donors (Lipinski definition) is 1. The molecule has 1 heterocycles. The van der Waals surface area contributed by atoms with Gasteiger partial charge in [0.05, 0.1) is 17.4 Å². The van der Waals surface area contributed by atoms with Gasteiger partial charge in [0.25, 0.3) is 5.91 Å². The molecule has 0 spiro atoms. The number of alkyl halides is 3. The molecule has 1 amide bonds. The van der Waals surface area contributed by atoms with Crippen molar-refractivity contribution in [1.29, 1.82) is 0 Å². The van der Waals surface area contributed by atoms with Gasteiger partial charge >= 0.3 is 6.18 Å². The zero-order chi connectivity index (χ0) is 26.2. The normalized spacial score (nSPS) is 12.2. The molecular weight excluding hydrogens is 509 g/mol. The van der Waals surface area contributed by atoms with Crippen molar-refractivity contribution in [2.24, 2.45) is 0 Å². The number of nitrogens with zero attached hydrogens (tertiary/aromatic N) is 1. The average Bonchev–Trinajstić information content (AvgIpc) is 2.73. The zero-order valence-corrected chi connectivity index (χ0v) is 20.9. The maximum Gasteiger partial charge on any atom is 0.417 e. The largest absolute Gasteiger partial charge is 0.491 e. The summed E-state index contributed by atoms with van der Waals surface area (Å²) in [6.45, 7) is 5.53. The van der Waals surface area contributed by atoms with Crippen molar-refractivity contribution in [3.63, 3.8) is 0 Å². The number of hydrogen-bond acceptors (Lipinski definition) is 6. The molecule has 192 valence electrons. The molecule has 1 N–H and O–H groups in total. The molecule has 2 aromatic rings. The van der Waals surface area contributed by atoms with Crippen LogP contribution in [0, 0.1) is 0 Å². The Labute approximate surface area is 207 Å². The summed E-state index contributed by atoms with van der Waals surface area (Å²) in [5.41, 5.74) is -0.735. The average molecular weight is 535 g/mol. The molecule has 1 aromatic carbocycles. The molecule has 2 rings (SSSR count). The van der Waals surface area contributed by atoms with Crippen molar-refractivity contribution >= 4 is 33.6 Å². The first-order valence-corrected chi connectivity index (χ1v) is 12.8. The summed E-state index contributed by atoms with van der Waals surface area (Å²) in [5.74, 6) is -0.862. The van der Waals surface area contributed by atoms with Crippen LogP contribution in [0.1, 0.15) is 51.2 Å². The molecule has 12 heteroatoms. The molecule has 0 unspecified atom stereocenters. The van der Waals surface area contributed by atoms with Gasteiger partial charge in [0, 0.05) is 23.9 Å². The van der Waals surface area contributed by atoms with E-state index in [2.05, 4.69) is 4.98 Å². The number of unbranched alkanes of at least 4 members (excludes halogenated alkanes) is 2. The maximum atomic E-state index is 12.9. The summed E-state index contributed by atoms with van der Waals surface area (Å²) in [6.07, 6.45) is 0.0607.